The van der Waals surface area contributed by atoms with Crippen molar-refractivity contribution >= 4 is 22.8 Å². The zero-order valence-electron chi connectivity index (χ0n) is 17.6. The molecule has 1 fully saturated rings. The van der Waals surface area contributed by atoms with Crippen molar-refractivity contribution in [1.82, 2.24) is 19.5 Å². The Morgan fingerprint density at radius 3 is 2.70 bits per heavy atom. The second-order valence-electron chi connectivity index (χ2n) is 7.99. The number of nitrogens with zero attached hydrogens (tertiary/aromatic N) is 5. The molecule has 0 amide bonds. The van der Waals surface area contributed by atoms with Gasteiger partial charge in [-0.2, -0.15) is 0 Å². The highest BCUT2D eigenvalue weighted by Crippen LogP contribution is 2.26. The van der Waals surface area contributed by atoms with Crippen LogP contribution >= 0.6 is 0 Å². The average molecular weight is 409 g/mol. The first-order valence-electron chi connectivity index (χ1n) is 10.3. The number of aromatic nitrogens is 4. The number of carboxylic acids is 1. The van der Waals surface area contributed by atoms with Gasteiger partial charge in [0.15, 0.2) is 0 Å². The fourth-order valence-electron chi connectivity index (χ4n) is 3.99. The number of rotatable bonds is 6. The average Bonchev–Trinajstić information content (AvgIpc) is 3.13. The Kier molecular flexibility index (Phi) is 5.67. The molecule has 158 valence electrons. The number of fused-ring (bicyclic) bond motifs is 1. The van der Waals surface area contributed by atoms with Crippen LogP contribution in [0.15, 0.2) is 30.7 Å². The number of aromatic carboxylic acids is 1. The molecule has 0 unspecified atom stereocenters. The topological polar surface area (TPSA) is 93.4 Å². The van der Waals surface area contributed by atoms with E-state index in [4.69, 9.17) is 9.72 Å². The third kappa shape index (κ3) is 4.00. The number of ether oxygens (including phenoxy) is 1. The van der Waals surface area contributed by atoms with Crippen LogP contribution in [-0.4, -0.2) is 56.9 Å². The standard InChI is InChI=1S/C22H27N5O3/c1-14(2)27-13-19(21(28)29)18-12-24-16(11-20(18)27)10-15-4-7-23-22(25-15)26-8-5-17(30-3)6-9-26/h4,7,11-14,17H,5-6,8-10H2,1-3H3,(H,28,29). The number of piperidine rings is 1. The molecule has 0 atom stereocenters. The van der Waals surface area contributed by atoms with Crippen molar-refractivity contribution < 1.29 is 14.6 Å². The summed E-state index contributed by atoms with van der Waals surface area (Å²) in [6.45, 7) is 5.83. The lowest BCUT2D eigenvalue weighted by Crippen LogP contribution is -2.37. The normalized spacial score (nSPS) is 15.3. The molecule has 0 aliphatic carbocycles. The third-order valence-electron chi connectivity index (χ3n) is 5.68. The maximum absolute atomic E-state index is 11.6. The van der Waals surface area contributed by atoms with Crippen molar-refractivity contribution in [2.24, 2.45) is 0 Å². The molecule has 0 bridgehead atoms. The van der Waals surface area contributed by atoms with Gasteiger partial charge in [0.2, 0.25) is 5.95 Å². The van der Waals surface area contributed by atoms with Crippen LogP contribution in [0.1, 0.15) is 54.5 Å². The Morgan fingerprint density at radius 2 is 2.03 bits per heavy atom. The van der Waals surface area contributed by atoms with Crippen LogP contribution in [0.25, 0.3) is 10.9 Å². The number of carboxylic acid groups (broad SMARTS) is 1. The van der Waals surface area contributed by atoms with Crippen LogP contribution in [0.5, 0.6) is 0 Å². The van der Waals surface area contributed by atoms with E-state index in [2.05, 4.69) is 14.9 Å². The van der Waals surface area contributed by atoms with Crippen molar-refractivity contribution in [3.05, 3.63) is 47.7 Å². The van der Waals surface area contributed by atoms with Gasteiger partial charge >= 0.3 is 5.97 Å². The van der Waals surface area contributed by atoms with Gasteiger partial charge in [0.25, 0.3) is 0 Å². The SMILES string of the molecule is COC1CCN(c2nccc(Cc3cc4c(cn3)c(C(=O)O)cn4C(C)C)n2)CC1. The first kappa shape index (κ1) is 20.3. The molecule has 1 aliphatic rings. The van der Waals surface area contributed by atoms with Gasteiger partial charge < -0.3 is 19.3 Å². The predicted molar refractivity (Wildman–Crippen MR) is 114 cm³/mol. The van der Waals surface area contributed by atoms with Gasteiger partial charge in [-0.05, 0) is 38.8 Å². The fourth-order valence-corrected chi connectivity index (χ4v) is 3.99. The molecule has 0 spiro atoms. The summed E-state index contributed by atoms with van der Waals surface area (Å²) in [6.07, 6.45) is 7.96. The van der Waals surface area contributed by atoms with Crippen molar-refractivity contribution in [2.45, 2.75) is 45.3 Å². The molecule has 4 heterocycles. The van der Waals surface area contributed by atoms with E-state index in [0.717, 1.165) is 48.8 Å². The summed E-state index contributed by atoms with van der Waals surface area (Å²) < 4.78 is 7.42. The molecular formula is C22H27N5O3. The lowest BCUT2D eigenvalue weighted by Gasteiger charge is -2.31. The first-order valence-corrected chi connectivity index (χ1v) is 10.3. The minimum Gasteiger partial charge on any atom is -0.478 e. The molecule has 4 rings (SSSR count). The summed E-state index contributed by atoms with van der Waals surface area (Å²) in [5.74, 6) is -0.200. The smallest absolute Gasteiger partial charge is 0.337 e. The monoisotopic (exact) mass is 409 g/mol. The number of hydrogen-bond acceptors (Lipinski definition) is 6. The third-order valence-corrected chi connectivity index (χ3v) is 5.68. The van der Waals surface area contributed by atoms with E-state index in [1.807, 2.05) is 30.5 Å². The van der Waals surface area contributed by atoms with E-state index in [9.17, 15) is 9.90 Å². The van der Waals surface area contributed by atoms with Crippen LogP contribution in [0.4, 0.5) is 5.95 Å². The summed E-state index contributed by atoms with van der Waals surface area (Å²) in [7, 11) is 1.76. The van der Waals surface area contributed by atoms with Crippen LogP contribution in [0, 0.1) is 0 Å². The second kappa shape index (κ2) is 8.39. The minimum atomic E-state index is -0.938. The highest BCUT2D eigenvalue weighted by atomic mass is 16.5. The Balaban J connectivity index is 1.59. The van der Waals surface area contributed by atoms with Crippen LogP contribution in [-0.2, 0) is 11.2 Å². The van der Waals surface area contributed by atoms with Crippen LogP contribution in [0.3, 0.4) is 0 Å². The molecule has 0 aromatic carbocycles. The molecule has 3 aromatic rings. The van der Waals surface area contributed by atoms with Gasteiger partial charge in [0.1, 0.15) is 0 Å². The van der Waals surface area contributed by atoms with Crippen molar-refractivity contribution in [1.29, 1.82) is 0 Å². The van der Waals surface area contributed by atoms with Crippen LogP contribution in [0.2, 0.25) is 0 Å². The van der Waals surface area contributed by atoms with E-state index < -0.39 is 5.97 Å². The maximum atomic E-state index is 11.6. The van der Waals surface area contributed by atoms with Gasteiger partial charge in [-0.1, -0.05) is 0 Å². The van der Waals surface area contributed by atoms with E-state index >= 15 is 0 Å². The molecule has 0 saturated carbocycles. The van der Waals surface area contributed by atoms with Crippen molar-refractivity contribution in [3.8, 4) is 0 Å². The molecule has 0 radical (unpaired) electrons. The molecule has 1 aliphatic heterocycles. The van der Waals surface area contributed by atoms with E-state index in [0.29, 0.717) is 17.9 Å². The van der Waals surface area contributed by atoms with Gasteiger partial charge in [-0.3, -0.25) is 4.98 Å². The van der Waals surface area contributed by atoms with Crippen LogP contribution < -0.4 is 4.90 Å². The Morgan fingerprint density at radius 1 is 1.27 bits per heavy atom. The lowest BCUT2D eigenvalue weighted by atomic mass is 10.1. The Bertz CT molecular complexity index is 1050. The van der Waals surface area contributed by atoms with Gasteiger partial charge in [0, 0.05) is 62.3 Å². The molecule has 8 heteroatoms. The molecule has 30 heavy (non-hydrogen) atoms. The van der Waals surface area contributed by atoms with E-state index in [1.165, 1.54) is 0 Å². The van der Waals surface area contributed by atoms with Gasteiger partial charge in [-0.15, -0.1) is 0 Å². The van der Waals surface area contributed by atoms with Crippen molar-refractivity contribution in [2.75, 3.05) is 25.1 Å². The van der Waals surface area contributed by atoms with Gasteiger partial charge in [-0.25, -0.2) is 14.8 Å². The number of hydrogen-bond donors (Lipinski definition) is 1. The number of pyridine rings is 1. The van der Waals surface area contributed by atoms with Gasteiger partial charge in [0.05, 0.1) is 22.9 Å². The van der Waals surface area contributed by atoms with E-state index in [1.54, 1.807) is 25.7 Å². The first-order chi connectivity index (χ1) is 14.5. The fraction of sp³-hybridized carbons (Fsp3) is 0.455. The second-order valence-corrected chi connectivity index (χ2v) is 7.99. The summed E-state index contributed by atoms with van der Waals surface area (Å²) in [5.41, 5.74) is 2.90. The van der Waals surface area contributed by atoms with E-state index in [-0.39, 0.29) is 11.6 Å². The largest absolute Gasteiger partial charge is 0.478 e. The lowest BCUT2D eigenvalue weighted by molar-refractivity contribution is 0.0698. The molecule has 8 nitrogen and oxygen atoms in total. The summed E-state index contributed by atoms with van der Waals surface area (Å²) >= 11 is 0. The zero-order valence-corrected chi connectivity index (χ0v) is 17.6. The zero-order chi connectivity index (χ0) is 21.3. The van der Waals surface area contributed by atoms with Crippen molar-refractivity contribution in [3.63, 3.8) is 0 Å². The minimum absolute atomic E-state index is 0.150. The number of anilines is 1. The molecular weight excluding hydrogens is 382 g/mol. The highest BCUT2D eigenvalue weighted by Gasteiger charge is 2.21. The summed E-state index contributed by atoms with van der Waals surface area (Å²) in [5, 5.41) is 10.2. The summed E-state index contributed by atoms with van der Waals surface area (Å²) in [6, 6.07) is 4.02. The maximum Gasteiger partial charge on any atom is 0.337 e. The predicted octanol–water partition coefficient (Wildman–Crippen LogP) is 3.31. The summed E-state index contributed by atoms with van der Waals surface area (Å²) in [4.78, 5) is 27.5. The Hall–Kier alpha value is -3.00. The molecule has 1 N–H and O–H groups in total. The number of carbonyl (C=O) groups is 1. The quantitative estimate of drug-likeness (QED) is 0.667. The number of methoxy groups -OCH3 is 1. The molecule has 1 saturated heterocycles. The molecule has 3 aromatic heterocycles. The highest BCUT2D eigenvalue weighted by molar-refractivity contribution is 6.03. The Labute approximate surface area is 175 Å².